The minimum absolute atomic E-state index is 0.0717. The van der Waals surface area contributed by atoms with Gasteiger partial charge in [0, 0.05) is 10.9 Å². The molecule has 5 heteroatoms. The highest BCUT2D eigenvalue weighted by Gasteiger charge is 2.27. The van der Waals surface area contributed by atoms with Gasteiger partial charge in [-0.3, -0.25) is 9.59 Å². The summed E-state index contributed by atoms with van der Waals surface area (Å²) >= 11 is 0. The quantitative estimate of drug-likeness (QED) is 0.683. The van der Waals surface area contributed by atoms with Crippen LogP contribution in [0.2, 0.25) is 0 Å². The van der Waals surface area contributed by atoms with Gasteiger partial charge in [-0.2, -0.15) is 0 Å². The van der Waals surface area contributed by atoms with Crippen LogP contribution in [0.5, 0.6) is 5.75 Å². The van der Waals surface area contributed by atoms with Gasteiger partial charge in [0.15, 0.2) is 23.4 Å². The first-order chi connectivity index (χ1) is 9.74. The molecule has 0 amide bonds. The standard InChI is InChI=1S/C15H15NO4/c1-19-12-5-4-9(8-17)10-7-13(20-15(10)12)14(18)11-3-2-6-16-11/h4-5,7-8,11,16H,2-3,6H2,1H3. The van der Waals surface area contributed by atoms with E-state index in [4.69, 9.17) is 9.15 Å². The number of hydrogen-bond donors (Lipinski definition) is 1. The lowest BCUT2D eigenvalue weighted by Crippen LogP contribution is -2.30. The summed E-state index contributed by atoms with van der Waals surface area (Å²) in [5.74, 6) is 0.716. The Hall–Kier alpha value is -2.14. The van der Waals surface area contributed by atoms with E-state index in [-0.39, 0.29) is 17.6 Å². The molecule has 0 radical (unpaired) electrons. The number of carbonyl (C=O) groups excluding carboxylic acids is 2. The van der Waals surface area contributed by atoms with Crippen LogP contribution in [0.15, 0.2) is 22.6 Å². The molecule has 1 fully saturated rings. The highest BCUT2D eigenvalue weighted by Crippen LogP contribution is 2.31. The normalized spacial score (nSPS) is 18.4. The highest BCUT2D eigenvalue weighted by atomic mass is 16.5. The van der Waals surface area contributed by atoms with Crippen molar-refractivity contribution in [1.29, 1.82) is 0 Å². The van der Waals surface area contributed by atoms with Crippen molar-refractivity contribution < 1.29 is 18.7 Å². The Morgan fingerprint density at radius 3 is 3.00 bits per heavy atom. The van der Waals surface area contributed by atoms with E-state index in [2.05, 4.69) is 5.32 Å². The fraction of sp³-hybridized carbons (Fsp3) is 0.333. The molecule has 1 saturated heterocycles. The zero-order valence-electron chi connectivity index (χ0n) is 11.1. The molecule has 104 valence electrons. The average Bonchev–Trinajstić information content (AvgIpc) is 3.14. The number of methoxy groups -OCH3 is 1. The average molecular weight is 273 g/mol. The second-order valence-corrected chi connectivity index (χ2v) is 4.84. The predicted octanol–water partition coefficient (Wildman–Crippen LogP) is 2.19. The number of benzene rings is 1. The van der Waals surface area contributed by atoms with E-state index >= 15 is 0 Å². The molecule has 1 unspecified atom stereocenters. The molecule has 1 aromatic heterocycles. The molecule has 1 aliphatic rings. The van der Waals surface area contributed by atoms with Gasteiger partial charge in [0.05, 0.1) is 13.2 Å². The van der Waals surface area contributed by atoms with Gasteiger partial charge < -0.3 is 14.5 Å². The monoisotopic (exact) mass is 273 g/mol. The summed E-state index contributed by atoms with van der Waals surface area (Å²) < 4.78 is 10.8. The van der Waals surface area contributed by atoms with Crippen LogP contribution in [0.3, 0.4) is 0 Å². The molecule has 20 heavy (non-hydrogen) atoms. The Morgan fingerprint density at radius 1 is 1.50 bits per heavy atom. The Morgan fingerprint density at radius 2 is 2.35 bits per heavy atom. The summed E-state index contributed by atoms with van der Waals surface area (Å²) in [4.78, 5) is 23.4. The molecular formula is C15H15NO4. The number of furan rings is 1. The predicted molar refractivity (Wildman–Crippen MR) is 73.5 cm³/mol. The van der Waals surface area contributed by atoms with Gasteiger partial charge in [-0.1, -0.05) is 0 Å². The van der Waals surface area contributed by atoms with Gasteiger partial charge in [-0.05, 0) is 37.6 Å². The zero-order chi connectivity index (χ0) is 14.1. The van der Waals surface area contributed by atoms with Crippen molar-refractivity contribution in [2.45, 2.75) is 18.9 Å². The number of nitrogens with one attached hydrogen (secondary N) is 1. The molecule has 3 rings (SSSR count). The van der Waals surface area contributed by atoms with E-state index in [9.17, 15) is 9.59 Å². The van der Waals surface area contributed by atoms with Crippen molar-refractivity contribution >= 4 is 23.0 Å². The number of hydrogen-bond acceptors (Lipinski definition) is 5. The van der Waals surface area contributed by atoms with Crippen LogP contribution in [0, 0.1) is 0 Å². The van der Waals surface area contributed by atoms with Crippen LogP contribution >= 0.6 is 0 Å². The second kappa shape index (κ2) is 5.09. The number of carbonyl (C=O) groups is 2. The van der Waals surface area contributed by atoms with Crippen LogP contribution in [-0.2, 0) is 0 Å². The molecule has 1 aromatic carbocycles. The molecule has 1 aliphatic heterocycles. The minimum atomic E-state index is -0.193. The number of aldehydes is 1. The number of Topliss-reactive ketones (excluding diaryl/α,β-unsaturated/α-hetero) is 1. The van der Waals surface area contributed by atoms with Crippen LogP contribution in [0.4, 0.5) is 0 Å². The van der Waals surface area contributed by atoms with Crippen LogP contribution < -0.4 is 10.1 Å². The second-order valence-electron chi connectivity index (χ2n) is 4.84. The zero-order valence-corrected chi connectivity index (χ0v) is 11.1. The van der Waals surface area contributed by atoms with Crippen LogP contribution in [0.25, 0.3) is 11.0 Å². The lowest BCUT2D eigenvalue weighted by molar-refractivity contribution is 0.0926. The number of ketones is 1. The van der Waals surface area contributed by atoms with Crippen molar-refractivity contribution in [3.8, 4) is 5.75 Å². The first kappa shape index (κ1) is 12.9. The summed E-state index contributed by atoms with van der Waals surface area (Å²) in [5, 5.41) is 3.76. The minimum Gasteiger partial charge on any atom is -0.493 e. The Labute approximate surface area is 115 Å². The van der Waals surface area contributed by atoms with E-state index in [1.54, 1.807) is 18.2 Å². The Kier molecular flexibility index (Phi) is 3.28. The fourth-order valence-electron chi connectivity index (χ4n) is 2.58. The van der Waals surface area contributed by atoms with E-state index in [1.165, 1.54) is 7.11 Å². The van der Waals surface area contributed by atoms with Crippen molar-refractivity contribution in [3.63, 3.8) is 0 Å². The van der Waals surface area contributed by atoms with Crippen molar-refractivity contribution in [3.05, 3.63) is 29.5 Å². The maximum absolute atomic E-state index is 12.3. The lowest BCUT2D eigenvalue weighted by atomic mass is 10.1. The molecular weight excluding hydrogens is 258 g/mol. The van der Waals surface area contributed by atoms with Gasteiger partial charge in [0.2, 0.25) is 5.78 Å². The largest absolute Gasteiger partial charge is 0.493 e. The van der Waals surface area contributed by atoms with E-state index in [0.29, 0.717) is 22.3 Å². The first-order valence-corrected chi connectivity index (χ1v) is 6.58. The van der Waals surface area contributed by atoms with Crippen LogP contribution in [-0.4, -0.2) is 31.8 Å². The van der Waals surface area contributed by atoms with Gasteiger partial charge in [-0.15, -0.1) is 0 Å². The van der Waals surface area contributed by atoms with Gasteiger partial charge in [0.25, 0.3) is 0 Å². The van der Waals surface area contributed by atoms with E-state index in [0.717, 1.165) is 25.7 Å². The number of rotatable bonds is 4. The Balaban J connectivity index is 2.09. The molecule has 0 saturated carbocycles. The van der Waals surface area contributed by atoms with Crippen LogP contribution in [0.1, 0.15) is 33.8 Å². The lowest BCUT2D eigenvalue weighted by Gasteiger charge is -2.05. The van der Waals surface area contributed by atoms with Crippen molar-refractivity contribution in [2.24, 2.45) is 0 Å². The van der Waals surface area contributed by atoms with Gasteiger partial charge in [-0.25, -0.2) is 0 Å². The molecule has 1 N–H and O–H groups in total. The summed E-state index contributed by atoms with van der Waals surface area (Å²) in [6.07, 6.45) is 2.55. The maximum Gasteiger partial charge on any atom is 0.214 e. The topological polar surface area (TPSA) is 68.5 Å². The van der Waals surface area contributed by atoms with E-state index < -0.39 is 0 Å². The third-order valence-corrected chi connectivity index (χ3v) is 3.65. The number of ether oxygens (including phenoxy) is 1. The van der Waals surface area contributed by atoms with Gasteiger partial charge in [0.1, 0.15) is 0 Å². The third kappa shape index (κ3) is 2.00. The summed E-state index contributed by atoms with van der Waals surface area (Å²) in [5.41, 5.74) is 0.932. The maximum atomic E-state index is 12.3. The molecule has 0 bridgehead atoms. The smallest absolute Gasteiger partial charge is 0.214 e. The molecule has 0 spiro atoms. The number of fused-ring (bicyclic) bond motifs is 1. The molecule has 2 aromatic rings. The SMILES string of the molecule is COc1ccc(C=O)c2cc(C(=O)C3CCCN3)oc12. The van der Waals surface area contributed by atoms with Crippen molar-refractivity contribution in [2.75, 3.05) is 13.7 Å². The fourth-order valence-corrected chi connectivity index (χ4v) is 2.58. The summed E-state index contributed by atoms with van der Waals surface area (Å²) in [6, 6.07) is 4.76. The molecule has 1 atom stereocenters. The van der Waals surface area contributed by atoms with Gasteiger partial charge >= 0.3 is 0 Å². The highest BCUT2D eigenvalue weighted by molar-refractivity contribution is 6.05. The summed E-state index contributed by atoms with van der Waals surface area (Å²) in [6.45, 7) is 0.847. The third-order valence-electron chi connectivity index (χ3n) is 3.65. The first-order valence-electron chi connectivity index (χ1n) is 6.58. The summed E-state index contributed by atoms with van der Waals surface area (Å²) in [7, 11) is 1.53. The van der Waals surface area contributed by atoms with Crippen molar-refractivity contribution in [1.82, 2.24) is 5.32 Å². The molecule has 2 heterocycles. The Bertz CT molecular complexity index is 668. The molecule has 5 nitrogen and oxygen atoms in total. The van der Waals surface area contributed by atoms with E-state index in [1.807, 2.05) is 0 Å². The molecule has 0 aliphatic carbocycles.